The van der Waals surface area contributed by atoms with E-state index in [9.17, 15) is 13.2 Å². The first kappa shape index (κ1) is 16.7. The van der Waals surface area contributed by atoms with E-state index in [4.69, 9.17) is 11.6 Å². The molecule has 1 aliphatic rings. The van der Waals surface area contributed by atoms with Gasteiger partial charge >= 0.3 is 5.97 Å². The second kappa shape index (κ2) is 7.45. The summed E-state index contributed by atoms with van der Waals surface area (Å²) in [6.07, 6.45) is 2.62. The predicted octanol–water partition coefficient (Wildman–Crippen LogP) is 1.61. The van der Waals surface area contributed by atoms with Crippen molar-refractivity contribution in [2.45, 2.75) is 38.6 Å². The number of hydrogen-bond acceptors (Lipinski definition) is 4. The van der Waals surface area contributed by atoms with Crippen molar-refractivity contribution in [2.24, 2.45) is 5.92 Å². The predicted molar refractivity (Wildman–Crippen MR) is 74.6 cm³/mol. The lowest BCUT2D eigenvalue weighted by atomic mass is 10.0. The maximum absolute atomic E-state index is 12.4. The van der Waals surface area contributed by atoms with E-state index in [-0.39, 0.29) is 30.1 Å². The van der Waals surface area contributed by atoms with Crippen LogP contribution in [0.25, 0.3) is 0 Å². The van der Waals surface area contributed by atoms with Gasteiger partial charge in [0.05, 0.1) is 19.3 Å². The number of ether oxygens (including phenoxy) is 1. The van der Waals surface area contributed by atoms with E-state index in [0.29, 0.717) is 18.8 Å². The summed E-state index contributed by atoms with van der Waals surface area (Å²) >= 11 is 5.68. The van der Waals surface area contributed by atoms with Gasteiger partial charge < -0.3 is 4.74 Å². The Morgan fingerprint density at radius 1 is 1.47 bits per heavy atom. The molecule has 0 aliphatic carbocycles. The molecule has 19 heavy (non-hydrogen) atoms. The Morgan fingerprint density at radius 3 is 2.74 bits per heavy atom. The molecule has 112 valence electrons. The third kappa shape index (κ3) is 4.93. The summed E-state index contributed by atoms with van der Waals surface area (Å²) < 4.78 is 30.8. The van der Waals surface area contributed by atoms with Crippen LogP contribution in [0.1, 0.15) is 32.6 Å². The standard InChI is InChI=1S/C12H22ClNO4S/c1-10(8-13)9-19(16,17)14-6-4-3-5-11(14)7-12(15)18-2/h10-11H,3-9H2,1-2H3. The second-order valence-electron chi connectivity index (χ2n) is 5.08. The number of sulfonamides is 1. The molecule has 1 aliphatic heterocycles. The van der Waals surface area contributed by atoms with Crippen LogP contribution in [0.3, 0.4) is 0 Å². The Hall–Kier alpha value is -0.330. The zero-order chi connectivity index (χ0) is 14.5. The number of halogens is 1. The number of rotatable bonds is 6. The first-order valence-corrected chi connectivity index (χ1v) is 8.67. The lowest BCUT2D eigenvalue weighted by molar-refractivity contribution is -0.141. The van der Waals surface area contributed by atoms with Crippen molar-refractivity contribution < 1.29 is 17.9 Å². The van der Waals surface area contributed by atoms with Gasteiger partial charge in [0, 0.05) is 18.5 Å². The number of alkyl halides is 1. The minimum Gasteiger partial charge on any atom is -0.469 e. The van der Waals surface area contributed by atoms with Crippen LogP contribution in [0.2, 0.25) is 0 Å². The fraction of sp³-hybridized carbons (Fsp3) is 0.917. The van der Waals surface area contributed by atoms with Gasteiger partial charge in [-0.1, -0.05) is 13.3 Å². The fourth-order valence-electron chi connectivity index (χ4n) is 2.32. The molecule has 0 N–H and O–H groups in total. The van der Waals surface area contributed by atoms with Crippen molar-refractivity contribution in [2.75, 3.05) is 25.3 Å². The number of hydrogen-bond donors (Lipinski definition) is 0. The highest BCUT2D eigenvalue weighted by molar-refractivity contribution is 7.89. The molecule has 2 unspecified atom stereocenters. The minimum atomic E-state index is -3.36. The number of methoxy groups -OCH3 is 1. The van der Waals surface area contributed by atoms with Gasteiger partial charge in [0.1, 0.15) is 0 Å². The smallest absolute Gasteiger partial charge is 0.307 e. The monoisotopic (exact) mass is 311 g/mol. The van der Waals surface area contributed by atoms with E-state index in [1.807, 2.05) is 6.92 Å². The summed E-state index contributed by atoms with van der Waals surface area (Å²) in [5, 5.41) is 0. The highest BCUT2D eigenvalue weighted by Crippen LogP contribution is 2.24. The summed E-state index contributed by atoms with van der Waals surface area (Å²) in [6.45, 7) is 2.29. The highest BCUT2D eigenvalue weighted by Gasteiger charge is 2.34. The number of piperidine rings is 1. The molecule has 0 radical (unpaired) electrons. The van der Waals surface area contributed by atoms with Gasteiger partial charge in [-0.2, -0.15) is 4.31 Å². The van der Waals surface area contributed by atoms with Crippen molar-refractivity contribution in [3.05, 3.63) is 0 Å². The van der Waals surface area contributed by atoms with Crippen LogP contribution in [0.5, 0.6) is 0 Å². The topological polar surface area (TPSA) is 63.7 Å². The minimum absolute atomic E-state index is 0.0359. The molecule has 0 bridgehead atoms. The van der Waals surface area contributed by atoms with Crippen LogP contribution in [-0.4, -0.2) is 50.0 Å². The van der Waals surface area contributed by atoms with Gasteiger partial charge in [-0.05, 0) is 18.8 Å². The third-order valence-electron chi connectivity index (χ3n) is 3.32. The molecule has 7 heteroatoms. The largest absolute Gasteiger partial charge is 0.469 e. The normalized spacial score (nSPS) is 23.0. The third-order valence-corrected chi connectivity index (χ3v) is 6.03. The number of nitrogens with zero attached hydrogens (tertiary/aromatic N) is 1. The molecule has 0 aromatic heterocycles. The molecular weight excluding hydrogens is 290 g/mol. The summed E-state index contributed by atoms with van der Waals surface area (Å²) in [6, 6.07) is -0.270. The van der Waals surface area contributed by atoms with Gasteiger partial charge in [-0.3, -0.25) is 4.79 Å². The molecule has 1 rings (SSSR count). The Bertz CT molecular complexity index is 399. The average Bonchev–Trinajstić information content (AvgIpc) is 2.38. The zero-order valence-electron chi connectivity index (χ0n) is 11.5. The van der Waals surface area contributed by atoms with E-state index in [1.165, 1.54) is 11.4 Å². The van der Waals surface area contributed by atoms with Crippen molar-refractivity contribution in [1.29, 1.82) is 0 Å². The maximum Gasteiger partial charge on any atom is 0.307 e. The second-order valence-corrected chi connectivity index (χ2v) is 7.35. The maximum atomic E-state index is 12.4. The van der Waals surface area contributed by atoms with Crippen molar-refractivity contribution in [3.63, 3.8) is 0 Å². The molecule has 2 atom stereocenters. The van der Waals surface area contributed by atoms with Crippen LogP contribution in [0.15, 0.2) is 0 Å². The Kier molecular flexibility index (Phi) is 6.56. The average molecular weight is 312 g/mol. The molecule has 0 saturated carbocycles. The molecule has 5 nitrogen and oxygen atoms in total. The first-order chi connectivity index (χ1) is 8.90. The summed E-state index contributed by atoms with van der Waals surface area (Å²) in [7, 11) is -2.04. The van der Waals surface area contributed by atoms with E-state index < -0.39 is 10.0 Å². The summed E-state index contributed by atoms with van der Waals surface area (Å²) in [5.41, 5.74) is 0. The number of esters is 1. The zero-order valence-corrected chi connectivity index (χ0v) is 13.0. The van der Waals surface area contributed by atoms with Crippen molar-refractivity contribution >= 4 is 27.6 Å². The molecule has 0 aromatic rings. The Balaban J connectivity index is 2.78. The number of carbonyl (C=O) groups is 1. The quantitative estimate of drug-likeness (QED) is 0.552. The van der Waals surface area contributed by atoms with Gasteiger partial charge in [-0.15, -0.1) is 11.6 Å². The lowest BCUT2D eigenvalue weighted by Crippen LogP contribution is -2.46. The molecule has 0 amide bonds. The molecule has 0 spiro atoms. The van der Waals surface area contributed by atoms with E-state index in [2.05, 4.69) is 4.74 Å². The van der Waals surface area contributed by atoms with Gasteiger partial charge in [0.15, 0.2) is 0 Å². The van der Waals surface area contributed by atoms with E-state index in [1.54, 1.807) is 0 Å². The van der Waals surface area contributed by atoms with Gasteiger partial charge in [-0.25, -0.2) is 8.42 Å². The van der Waals surface area contributed by atoms with E-state index >= 15 is 0 Å². The summed E-state index contributed by atoms with van der Waals surface area (Å²) in [5.74, 6) is -0.104. The van der Waals surface area contributed by atoms with Crippen LogP contribution < -0.4 is 0 Å². The Morgan fingerprint density at radius 2 is 2.16 bits per heavy atom. The molecule has 1 heterocycles. The lowest BCUT2D eigenvalue weighted by Gasteiger charge is -2.34. The molecule has 0 aromatic carbocycles. The molecule has 1 saturated heterocycles. The van der Waals surface area contributed by atoms with Crippen molar-refractivity contribution in [3.8, 4) is 0 Å². The van der Waals surface area contributed by atoms with Crippen molar-refractivity contribution in [1.82, 2.24) is 4.31 Å². The Labute approximate surface area is 120 Å². The SMILES string of the molecule is COC(=O)CC1CCCCN1S(=O)(=O)CC(C)CCl. The highest BCUT2D eigenvalue weighted by atomic mass is 35.5. The molecule has 1 fully saturated rings. The van der Waals surface area contributed by atoms with Crippen LogP contribution in [-0.2, 0) is 19.6 Å². The summed E-state index contributed by atoms with van der Waals surface area (Å²) in [4.78, 5) is 11.4. The van der Waals surface area contributed by atoms with Gasteiger partial charge in [0.25, 0.3) is 0 Å². The van der Waals surface area contributed by atoms with Crippen LogP contribution in [0.4, 0.5) is 0 Å². The first-order valence-electron chi connectivity index (χ1n) is 6.53. The number of carbonyl (C=O) groups excluding carboxylic acids is 1. The van der Waals surface area contributed by atoms with E-state index in [0.717, 1.165) is 12.8 Å². The fourth-order valence-corrected chi connectivity index (χ4v) is 4.63. The van der Waals surface area contributed by atoms with Gasteiger partial charge in [0.2, 0.25) is 10.0 Å². The van der Waals surface area contributed by atoms with Crippen LogP contribution in [0, 0.1) is 5.92 Å². The molecular formula is C12H22ClNO4S. The van der Waals surface area contributed by atoms with Crippen LogP contribution >= 0.6 is 11.6 Å².